The van der Waals surface area contributed by atoms with Crippen molar-refractivity contribution in [1.82, 2.24) is 0 Å². The Balaban J connectivity index is 2.24. The zero-order valence-electron chi connectivity index (χ0n) is 15.1. The molecule has 0 amide bonds. The van der Waals surface area contributed by atoms with Crippen molar-refractivity contribution in [2.24, 2.45) is 5.41 Å². The van der Waals surface area contributed by atoms with E-state index in [-0.39, 0.29) is 5.97 Å². The summed E-state index contributed by atoms with van der Waals surface area (Å²) in [6.07, 6.45) is 2.67. The van der Waals surface area contributed by atoms with Gasteiger partial charge in [-0.25, -0.2) is 0 Å². The van der Waals surface area contributed by atoms with Crippen LogP contribution in [0.15, 0.2) is 48.5 Å². The molecule has 2 heteroatoms. The van der Waals surface area contributed by atoms with E-state index < -0.39 is 11.0 Å². The van der Waals surface area contributed by atoms with Crippen molar-refractivity contribution in [3.8, 4) is 0 Å². The zero-order valence-corrected chi connectivity index (χ0v) is 15.1. The minimum Gasteiger partial charge on any atom is -0.449 e. The second-order valence-electron chi connectivity index (χ2n) is 7.63. The van der Waals surface area contributed by atoms with E-state index in [1.807, 2.05) is 32.9 Å². The van der Waals surface area contributed by atoms with E-state index in [1.165, 1.54) is 11.1 Å². The van der Waals surface area contributed by atoms with Gasteiger partial charge in [0.2, 0.25) is 0 Å². The predicted molar refractivity (Wildman–Crippen MR) is 96.9 cm³/mol. The van der Waals surface area contributed by atoms with Crippen molar-refractivity contribution in [3.05, 3.63) is 70.8 Å². The first-order valence-electron chi connectivity index (χ1n) is 8.78. The maximum atomic E-state index is 12.8. The Bertz CT molecular complexity index is 705. The number of aryl methyl sites for hydroxylation is 2. The van der Waals surface area contributed by atoms with Crippen LogP contribution < -0.4 is 0 Å². The molecule has 0 unspecified atom stereocenters. The molecule has 0 saturated heterocycles. The SMILES string of the molecule is CCC1(OC(=O)C(C)(C)C)c2ccccc2CCc2ccccc21. The van der Waals surface area contributed by atoms with E-state index in [0.717, 1.165) is 30.4 Å². The average molecular weight is 322 g/mol. The van der Waals surface area contributed by atoms with Crippen molar-refractivity contribution < 1.29 is 9.53 Å². The van der Waals surface area contributed by atoms with E-state index >= 15 is 0 Å². The quantitative estimate of drug-likeness (QED) is 0.725. The standard InChI is InChI=1S/C22H26O2/c1-5-22(24-20(23)21(2,3)4)18-12-8-6-10-16(18)14-15-17-11-7-9-13-19(17)22/h6-13H,5,14-15H2,1-4H3. The summed E-state index contributed by atoms with van der Waals surface area (Å²) in [5, 5.41) is 0. The van der Waals surface area contributed by atoms with Gasteiger partial charge in [0.15, 0.2) is 5.60 Å². The average Bonchev–Trinajstić information content (AvgIpc) is 2.70. The summed E-state index contributed by atoms with van der Waals surface area (Å²) in [6.45, 7) is 7.84. The Labute approximate surface area is 144 Å². The van der Waals surface area contributed by atoms with Crippen molar-refractivity contribution in [2.45, 2.75) is 52.6 Å². The second-order valence-corrected chi connectivity index (χ2v) is 7.63. The number of carbonyl (C=O) groups excluding carboxylic acids is 1. The van der Waals surface area contributed by atoms with E-state index in [9.17, 15) is 4.79 Å². The molecule has 1 aliphatic rings. The topological polar surface area (TPSA) is 26.3 Å². The Hall–Kier alpha value is -2.09. The maximum Gasteiger partial charge on any atom is 0.312 e. The summed E-state index contributed by atoms with van der Waals surface area (Å²) >= 11 is 0. The van der Waals surface area contributed by atoms with Crippen molar-refractivity contribution in [2.75, 3.05) is 0 Å². The number of fused-ring (bicyclic) bond motifs is 2. The molecule has 0 N–H and O–H groups in total. The van der Waals surface area contributed by atoms with Gasteiger partial charge in [0.1, 0.15) is 0 Å². The van der Waals surface area contributed by atoms with Gasteiger partial charge in [-0.2, -0.15) is 0 Å². The van der Waals surface area contributed by atoms with Crippen LogP contribution in [0.25, 0.3) is 0 Å². The van der Waals surface area contributed by atoms with E-state index in [1.54, 1.807) is 0 Å². The molecular formula is C22H26O2. The Morgan fingerprint density at radius 1 is 0.958 bits per heavy atom. The van der Waals surface area contributed by atoms with Gasteiger partial charge in [0.05, 0.1) is 5.41 Å². The van der Waals surface area contributed by atoms with E-state index in [0.29, 0.717) is 0 Å². The maximum absolute atomic E-state index is 12.8. The van der Waals surface area contributed by atoms with Gasteiger partial charge >= 0.3 is 5.97 Å². The van der Waals surface area contributed by atoms with Crippen LogP contribution in [0, 0.1) is 5.41 Å². The minimum absolute atomic E-state index is 0.157. The number of hydrogen-bond acceptors (Lipinski definition) is 2. The molecule has 0 saturated carbocycles. The van der Waals surface area contributed by atoms with Gasteiger partial charge in [0, 0.05) is 11.1 Å². The molecule has 0 radical (unpaired) electrons. The molecule has 0 heterocycles. The molecule has 2 aromatic rings. The summed E-state index contributed by atoms with van der Waals surface area (Å²) in [4.78, 5) is 12.8. The summed E-state index contributed by atoms with van der Waals surface area (Å²) in [5.74, 6) is -0.157. The van der Waals surface area contributed by atoms with Gasteiger partial charge in [0.25, 0.3) is 0 Å². The van der Waals surface area contributed by atoms with Gasteiger partial charge in [-0.05, 0) is 51.2 Å². The summed E-state index contributed by atoms with van der Waals surface area (Å²) in [7, 11) is 0. The minimum atomic E-state index is -0.700. The molecule has 126 valence electrons. The van der Waals surface area contributed by atoms with Crippen LogP contribution in [-0.2, 0) is 28.0 Å². The smallest absolute Gasteiger partial charge is 0.312 e. The Morgan fingerprint density at radius 2 is 1.42 bits per heavy atom. The number of hydrogen-bond donors (Lipinski definition) is 0. The number of benzene rings is 2. The molecule has 0 fully saturated rings. The highest BCUT2D eigenvalue weighted by molar-refractivity contribution is 5.76. The van der Waals surface area contributed by atoms with Crippen molar-refractivity contribution in [1.29, 1.82) is 0 Å². The fourth-order valence-electron chi connectivity index (χ4n) is 3.55. The normalized spacial score (nSPS) is 15.8. The van der Waals surface area contributed by atoms with Crippen LogP contribution in [0.2, 0.25) is 0 Å². The van der Waals surface area contributed by atoms with Crippen LogP contribution in [0.3, 0.4) is 0 Å². The van der Waals surface area contributed by atoms with Crippen LogP contribution in [0.4, 0.5) is 0 Å². The molecular weight excluding hydrogens is 296 g/mol. The molecule has 0 spiro atoms. The number of carbonyl (C=O) groups is 1. The van der Waals surface area contributed by atoms with Gasteiger partial charge in [-0.1, -0.05) is 55.5 Å². The molecule has 0 aliphatic heterocycles. The lowest BCUT2D eigenvalue weighted by atomic mass is 9.80. The number of esters is 1. The largest absolute Gasteiger partial charge is 0.449 e. The second kappa shape index (κ2) is 6.08. The zero-order chi connectivity index (χ0) is 17.4. The molecule has 24 heavy (non-hydrogen) atoms. The van der Waals surface area contributed by atoms with Gasteiger partial charge in [-0.15, -0.1) is 0 Å². The van der Waals surface area contributed by atoms with Crippen LogP contribution in [0.5, 0.6) is 0 Å². The summed E-state index contributed by atoms with van der Waals surface area (Å²) < 4.78 is 6.29. The van der Waals surface area contributed by atoms with Crippen LogP contribution >= 0.6 is 0 Å². The van der Waals surface area contributed by atoms with Crippen LogP contribution in [-0.4, -0.2) is 5.97 Å². The number of ether oxygens (including phenoxy) is 1. The summed E-state index contributed by atoms with van der Waals surface area (Å²) in [5.41, 5.74) is 3.59. The lowest BCUT2D eigenvalue weighted by molar-refractivity contribution is -0.167. The summed E-state index contributed by atoms with van der Waals surface area (Å²) in [6, 6.07) is 16.8. The molecule has 2 aromatic carbocycles. The molecule has 0 aromatic heterocycles. The predicted octanol–water partition coefficient (Wildman–Crippen LogP) is 5.03. The van der Waals surface area contributed by atoms with Crippen molar-refractivity contribution in [3.63, 3.8) is 0 Å². The van der Waals surface area contributed by atoms with Gasteiger partial charge < -0.3 is 4.74 Å². The fraction of sp³-hybridized carbons (Fsp3) is 0.409. The first-order chi connectivity index (χ1) is 11.4. The van der Waals surface area contributed by atoms with E-state index in [2.05, 4.69) is 43.3 Å². The monoisotopic (exact) mass is 322 g/mol. The highest BCUT2D eigenvalue weighted by Crippen LogP contribution is 2.44. The highest BCUT2D eigenvalue weighted by atomic mass is 16.6. The third-order valence-electron chi connectivity index (χ3n) is 4.95. The lowest BCUT2D eigenvalue weighted by Crippen LogP contribution is -2.38. The Kier molecular flexibility index (Phi) is 4.25. The molecule has 2 nitrogen and oxygen atoms in total. The molecule has 3 rings (SSSR count). The van der Waals surface area contributed by atoms with Gasteiger partial charge in [-0.3, -0.25) is 4.79 Å². The van der Waals surface area contributed by atoms with E-state index in [4.69, 9.17) is 4.74 Å². The molecule has 0 bridgehead atoms. The Morgan fingerprint density at radius 3 is 1.83 bits per heavy atom. The number of rotatable bonds is 2. The first-order valence-corrected chi connectivity index (χ1v) is 8.78. The highest BCUT2D eigenvalue weighted by Gasteiger charge is 2.43. The third kappa shape index (κ3) is 2.75. The lowest BCUT2D eigenvalue weighted by Gasteiger charge is -2.37. The van der Waals surface area contributed by atoms with Crippen LogP contribution in [0.1, 0.15) is 56.4 Å². The first kappa shape index (κ1) is 16.8. The van der Waals surface area contributed by atoms with Crippen molar-refractivity contribution >= 4 is 5.97 Å². The third-order valence-corrected chi connectivity index (χ3v) is 4.95. The fourth-order valence-corrected chi connectivity index (χ4v) is 3.55. The molecule has 0 atom stereocenters. The molecule has 1 aliphatic carbocycles.